The van der Waals surface area contributed by atoms with Gasteiger partial charge in [-0.1, -0.05) is 24.3 Å². The van der Waals surface area contributed by atoms with Gasteiger partial charge in [-0.15, -0.1) is 0 Å². The van der Waals surface area contributed by atoms with Crippen LogP contribution in [0.2, 0.25) is 0 Å². The Bertz CT molecular complexity index is 1900. The molecule has 0 amide bonds. The van der Waals surface area contributed by atoms with Crippen molar-refractivity contribution in [1.82, 2.24) is 49.7 Å². The van der Waals surface area contributed by atoms with Crippen molar-refractivity contribution in [3.8, 4) is 22.8 Å². The quantitative estimate of drug-likeness (QED) is 0.251. The van der Waals surface area contributed by atoms with Crippen LogP contribution in [0.25, 0.3) is 56.8 Å². The summed E-state index contributed by atoms with van der Waals surface area (Å²) in [6.07, 6.45) is 0. The number of hydrogen-bond donors (Lipinski definition) is 0. The van der Waals surface area contributed by atoms with Gasteiger partial charge in [0, 0.05) is 118 Å². The number of fused-ring (bicyclic) bond motifs is 11. The maximum atomic E-state index is 5.11. The van der Waals surface area contributed by atoms with Crippen LogP contribution in [0.3, 0.4) is 0 Å². The molecule has 4 aromatic rings. The van der Waals surface area contributed by atoms with Crippen molar-refractivity contribution >= 4 is 79.8 Å². The molecule has 0 radical (unpaired) electrons. The van der Waals surface area contributed by atoms with Gasteiger partial charge in [-0.3, -0.25) is 0 Å². The van der Waals surface area contributed by atoms with Gasteiger partial charge in [-0.05, 0) is 0 Å². The first-order valence-electron chi connectivity index (χ1n) is 14.9. The fourth-order valence-electron chi connectivity index (χ4n) is 5.86. The van der Waals surface area contributed by atoms with E-state index in [0.29, 0.717) is 45.9 Å². The molecule has 0 N–H and O–H groups in total. The minimum absolute atomic E-state index is 0. The zero-order chi connectivity index (χ0) is 33.2. The molecule has 0 spiro atoms. The minimum Gasteiger partial charge on any atom is -0.375 e. The maximum absolute atomic E-state index is 5.11. The van der Waals surface area contributed by atoms with Crippen LogP contribution in [-0.4, -0.2) is 147 Å². The Balaban J connectivity index is 0.00000433. The number of benzene rings is 1. The zero-order valence-corrected chi connectivity index (χ0v) is 30.7. The normalized spacial score (nSPS) is 12.0. The van der Waals surface area contributed by atoms with Crippen LogP contribution >= 0.6 is 0 Å². The molecule has 240 valence electrons. The van der Waals surface area contributed by atoms with Gasteiger partial charge in [0.25, 0.3) is 0 Å². The first-order chi connectivity index (χ1) is 21.8. The molecular formula is C32H40MgN14. The molecule has 0 aliphatic carbocycles. The van der Waals surface area contributed by atoms with Gasteiger partial charge in [0.15, 0.2) is 0 Å². The third-order valence-corrected chi connectivity index (χ3v) is 7.73. The Hall–Kier alpha value is -4.63. The van der Waals surface area contributed by atoms with Crippen molar-refractivity contribution in [2.24, 2.45) is 0 Å². The standard InChI is InChI=1S/C32H40N14.Mg/c1-41(2)19-21(43(5)6)29-36-27(19)34-25-17-15-13-14-16-18(17)26(33-25)35-28-20(42(3)4)22(44(7)8)30(37-28)39-32-24(46(11)12)23(45(9)10)31(38-29)40-32;/h13-16H,1-12H3;/q-2;+2. The van der Waals surface area contributed by atoms with Gasteiger partial charge in [-0.25, -0.2) is 9.97 Å². The van der Waals surface area contributed by atoms with Crippen molar-refractivity contribution < 1.29 is 0 Å². The van der Waals surface area contributed by atoms with Gasteiger partial charge < -0.3 is 59.3 Å². The number of anilines is 4. The fraction of sp³-hybridized carbons (Fsp3) is 0.375. The molecule has 6 rings (SSSR count). The summed E-state index contributed by atoms with van der Waals surface area (Å²) in [5.74, 6) is 2.03. The van der Waals surface area contributed by atoms with E-state index in [-0.39, 0.29) is 23.1 Å². The van der Waals surface area contributed by atoms with E-state index < -0.39 is 0 Å². The molecule has 1 aromatic carbocycles. The zero-order valence-electron chi connectivity index (χ0n) is 29.3. The molecule has 5 heterocycles. The maximum Gasteiger partial charge on any atom is 2.00 e. The van der Waals surface area contributed by atoms with Crippen molar-refractivity contribution in [1.29, 1.82) is 0 Å². The largest absolute Gasteiger partial charge is 2.00 e. The molecule has 0 atom stereocenters. The van der Waals surface area contributed by atoms with E-state index in [9.17, 15) is 0 Å². The fourth-order valence-corrected chi connectivity index (χ4v) is 5.86. The van der Waals surface area contributed by atoms with Crippen LogP contribution in [0, 0.1) is 0 Å². The summed E-state index contributed by atoms with van der Waals surface area (Å²) in [6.45, 7) is 0. The number of rotatable bonds is 6. The third-order valence-electron chi connectivity index (χ3n) is 7.73. The van der Waals surface area contributed by atoms with E-state index in [2.05, 4.69) is 0 Å². The van der Waals surface area contributed by atoms with Gasteiger partial charge in [0.1, 0.15) is 11.6 Å². The molecule has 14 nitrogen and oxygen atoms in total. The van der Waals surface area contributed by atoms with E-state index in [1.54, 1.807) is 0 Å². The van der Waals surface area contributed by atoms with Crippen LogP contribution in [0.5, 0.6) is 0 Å². The molecule has 47 heavy (non-hydrogen) atoms. The summed E-state index contributed by atoms with van der Waals surface area (Å²) in [5, 5.41) is 0. The van der Waals surface area contributed by atoms with Crippen molar-refractivity contribution in [3.05, 3.63) is 35.9 Å². The molecule has 2 aliphatic rings. The number of nitrogens with zero attached hydrogens (tertiary/aromatic N) is 14. The van der Waals surface area contributed by atoms with Gasteiger partial charge >= 0.3 is 23.1 Å². The van der Waals surface area contributed by atoms with E-state index in [4.69, 9.17) is 39.9 Å². The molecule has 0 saturated heterocycles. The smallest absolute Gasteiger partial charge is 0.375 e. The average molecular weight is 645 g/mol. The van der Waals surface area contributed by atoms with Crippen LogP contribution < -0.4 is 29.6 Å². The Morgan fingerprint density at radius 3 is 0.936 bits per heavy atom. The second-order valence-electron chi connectivity index (χ2n) is 12.5. The second kappa shape index (κ2) is 12.5. The van der Waals surface area contributed by atoms with Crippen LogP contribution in [0.15, 0.2) is 24.3 Å². The predicted molar refractivity (Wildman–Crippen MR) is 192 cm³/mol. The molecule has 15 heteroatoms. The molecule has 2 aliphatic heterocycles. The molecular weight excluding hydrogens is 605 g/mol. The van der Waals surface area contributed by atoms with E-state index in [1.165, 1.54) is 0 Å². The van der Waals surface area contributed by atoms with Gasteiger partial charge in [0.05, 0.1) is 45.8 Å². The Morgan fingerprint density at radius 2 is 0.660 bits per heavy atom. The third kappa shape index (κ3) is 5.67. The summed E-state index contributed by atoms with van der Waals surface area (Å²) < 4.78 is 0. The molecule has 0 saturated carbocycles. The average Bonchev–Trinajstić information content (AvgIpc) is 3.70. The van der Waals surface area contributed by atoms with Crippen LogP contribution in [-0.2, 0) is 0 Å². The van der Waals surface area contributed by atoms with E-state index in [1.807, 2.05) is 138 Å². The first-order valence-corrected chi connectivity index (χ1v) is 14.9. The molecule has 0 fully saturated rings. The summed E-state index contributed by atoms with van der Waals surface area (Å²) in [7, 11) is 23.7. The number of aromatic nitrogens is 8. The van der Waals surface area contributed by atoms with Crippen LogP contribution in [0.4, 0.5) is 22.7 Å². The van der Waals surface area contributed by atoms with Crippen molar-refractivity contribution in [3.63, 3.8) is 0 Å². The molecule has 0 unspecified atom stereocenters. The second-order valence-corrected chi connectivity index (χ2v) is 12.5. The first kappa shape index (κ1) is 33.7. The Morgan fingerprint density at radius 1 is 0.383 bits per heavy atom. The summed E-state index contributed by atoms with van der Waals surface area (Å²) >= 11 is 0. The van der Waals surface area contributed by atoms with Crippen molar-refractivity contribution in [2.75, 3.05) is 104 Å². The Kier molecular flexibility index (Phi) is 8.98. The van der Waals surface area contributed by atoms with E-state index >= 15 is 0 Å². The summed E-state index contributed by atoms with van der Waals surface area (Å²) in [6, 6.07) is 7.96. The minimum atomic E-state index is 0. The molecule has 3 aromatic heterocycles. The van der Waals surface area contributed by atoms with Gasteiger partial charge in [-0.2, -0.15) is 0 Å². The number of hydrogen-bond acceptors (Lipinski definition) is 12. The van der Waals surface area contributed by atoms with Crippen LogP contribution in [0.1, 0.15) is 11.6 Å². The monoisotopic (exact) mass is 644 g/mol. The molecule has 8 bridgehead atoms. The predicted octanol–water partition coefficient (Wildman–Crippen LogP) is 2.32. The summed E-state index contributed by atoms with van der Waals surface area (Å²) in [4.78, 5) is 52.3. The SMILES string of the molecule is CN(C)C1=C(N(C)C)c2nc1nc1[n-]c(nc3nc(nc4[n-]c(n2)c(N(C)C)c4N(C)C)-c2ccccc2-3)c(N(C)C)c1N(C)C.[Mg+2]. The Labute approximate surface area is 291 Å². The van der Waals surface area contributed by atoms with E-state index in [0.717, 1.165) is 45.3 Å². The summed E-state index contributed by atoms with van der Waals surface area (Å²) in [5.41, 5.74) is 8.64. The van der Waals surface area contributed by atoms with Crippen molar-refractivity contribution in [2.45, 2.75) is 0 Å². The topological polar surface area (TPSA) is 125 Å². The van der Waals surface area contributed by atoms with Gasteiger partial charge in [0.2, 0.25) is 0 Å².